The molecule has 3 aromatic rings. The van der Waals surface area contributed by atoms with Gasteiger partial charge in [-0.2, -0.15) is 0 Å². The maximum absolute atomic E-state index is 12.8. The second-order valence-corrected chi connectivity index (χ2v) is 8.36. The number of benzene rings is 3. The molecule has 1 heterocycles. The molecule has 0 aliphatic carbocycles. The van der Waals surface area contributed by atoms with E-state index < -0.39 is 0 Å². The zero-order valence-corrected chi connectivity index (χ0v) is 18.0. The lowest BCUT2D eigenvalue weighted by Gasteiger charge is -2.32. The van der Waals surface area contributed by atoms with Crippen LogP contribution in [0.25, 0.3) is 10.8 Å². The van der Waals surface area contributed by atoms with Crippen molar-refractivity contribution in [1.29, 1.82) is 0 Å². The van der Waals surface area contributed by atoms with Gasteiger partial charge in [-0.05, 0) is 54.4 Å². The second kappa shape index (κ2) is 9.75. The summed E-state index contributed by atoms with van der Waals surface area (Å²) in [4.78, 5) is 29.2. The molecule has 4 rings (SSSR count). The van der Waals surface area contributed by atoms with E-state index in [-0.39, 0.29) is 17.7 Å². The average molecular weight is 416 g/mol. The molecule has 5 nitrogen and oxygen atoms in total. The van der Waals surface area contributed by atoms with E-state index in [2.05, 4.69) is 40.5 Å². The zero-order chi connectivity index (χ0) is 21.6. The van der Waals surface area contributed by atoms with Gasteiger partial charge < -0.3 is 10.2 Å². The predicted molar refractivity (Wildman–Crippen MR) is 125 cm³/mol. The van der Waals surface area contributed by atoms with Crippen LogP contribution >= 0.6 is 0 Å². The summed E-state index contributed by atoms with van der Waals surface area (Å²) in [5.41, 5.74) is 2.02. The first-order valence-electron chi connectivity index (χ1n) is 10.9. The highest BCUT2D eigenvalue weighted by Gasteiger charge is 2.27. The van der Waals surface area contributed by atoms with Gasteiger partial charge in [-0.15, -0.1) is 0 Å². The summed E-state index contributed by atoms with van der Waals surface area (Å²) in [6.45, 7) is 2.38. The molecular weight excluding hydrogens is 386 g/mol. The summed E-state index contributed by atoms with van der Waals surface area (Å²) in [6.07, 6.45) is 1.41. The number of anilines is 1. The van der Waals surface area contributed by atoms with Crippen LogP contribution in [0.3, 0.4) is 0 Å². The molecule has 1 fully saturated rings. The normalized spacial score (nSPS) is 14.7. The third-order valence-electron chi connectivity index (χ3n) is 5.93. The summed E-state index contributed by atoms with van der Waals surface area (Å²) in [5, 5.41) is 5.42. The number of hydrogen-bond acceptors (Lipinski definition) is 3. The van der Waals surface area contributed by atoms with E-state index in [0.717, 1.165) is 12.2 Å². The van der Waals surface area contributed by atoms with Crippen LogP contribution in [0.1, 0.15) is 18.4 Å². The van der Waals surface area contributed by atoms with Crippen molar-refractivity contribution < 1.29 is 9.59 Å². The molecule has 2 amide bonds. The van der Waals surface area contributed by atoms with Crippen molar-refractivity contribution in [3.8, 4) is 0 Å². The van der Waals surface area contributed by atoms with Crippen LogP contribution in [0.5, 0.6) is 0 Å². The van der Waals surface area contributed by atoms with Gasteiger partial charge in [0.15, 0.2) is 0 Å². The SMILES string of the molecule is CN(CC(=O)N1CCC(C(=O)Nc2ccccc2)CC1)Cc1ccc2ccccc2c1. The van der Waals surface area contributed by atoms with Crippen molar-refractivity contribution >= 4 is 28.3 Å². The lowest BCUT2D eigenvalue weighted by atomic mass is 9.95. The van der Waals surface area contributed by atoms with Crippen molar-refractivity contribution in [2.24, 2.45) is 5.92 Å². The van der Waals surface area contributed by atoms with Crippen LogP contribution in [-0.2, 0) is 16.1 Å². The van der Waals surface area contributed by atoms with Crippen molar-refractivity contribution in [1.82, 2.24) is 9.80 Å². The quantitative estimate of drug-likeness (QED) is 0.658. The minimum Gasteiger partial charge on any atom is -0.342 e. The number of likely N-dealkylation sites (tertiary alicyclic amines) is 1. The lowest BCUT2D eigenvalue weighted by molar-refractivity contribution is -0.135. The molecule has 1 N–H and O–H groups in total. The molecule has 0 saturated carbocycles. The van der Waals surface area contributed by atoms with Crippen molar-refractivity contribution in [2.45, 2.75) is 19.4 Å². The number of fused-ring (bicyclic) bond motifs is 1. The molecule has 5 heteroatoms. The van der Waals surface area contributed by atoms with Crippen LogP contribution < -0.4 is 5.32 Å². The molecule has 0 aromatic heterocycles. The largest absolute Gasteiger partial charge is 0.342 e. The first kappa shape index (κ1) is 21.1. The van der Waals surface area contributed by atoms with E-state index in [1.54, 1.807) is 0 Å². The number of nitrogens with one attached hydrogen (secondary N) is 1. The third-order valence-corrected chi connectivity index (χ3v) is 5.93. The van der Waals surface area contributed by atoms with Gasteiger partial charge in [-0.25, -0.2) is 0 Å². The summed E-state index contributed by atoms with van der Waals surface area (Å²) < 4.78 is 0. The standard InChI is InChI=1S/C26H29N3O2/c1-28(18-20-11-12-21-7-5-6-8-23(21)17-20)19-25(30)29-15-13-22(14-16-29)26(31)27-24-9-3-2-4-10-24/h2-12,17,22H,13-16,18-19H2,1H3,(H,27,31). The highest BCUT2D eigenvalue weighted by molar-refractivity contribution is 5.92. The molecule has 0 atom stereocenters. The number of carbonyl (C=O) groups excluding carboxylic acids is 2. The third kappa shape index (κ3) is 5.50. The molecule has 160 valence electrons. The van der Waals surface area contributed by atoms with Gasteiger partial charge in [0, 0.05) is 31.2 Å². The monoisotopic (exact) mass is 415 g/mol. The summed E-state index contributed by atoms with van der Waals surface area (Å²) >= 11 is 0. The molecule has 0 spiro atoms. The smallest absolute Gasteiger partial charge is 0.236 e. The molecule has 1 aliphatic rings. The Morgan fingerprint density at radius 1 is 0.935 bits per heavy atom. The first-order valence-corrected chi connectivity index (χ1v) is 10.9. The Morgan fingerprint density at radius 2 is 1.61 bits per heavy atom. The Kier molecular flexibility index (Phi) is 6.63. The second-order valence-electron chi connectivity index (χ2n) is 8.36. The lowest BCUT2D eigenvalue weighted by Crippen LogP contribution is -2.45. The van der Waals surface area contributed by atoms with Crippen molar-refractivity contribution in [3.63, 3.8) is 0 Å². The number of carbonyl (C=O) groups is 2. The number of likely N-dealkylation sites (N-methyl/N-ethyl adjacent to an activating group) is 1. The number of rotatable bonds is 6. The summed E-state index contributed by atoms with van der Waals surface area (Å²) in [5.74, 6) is 0.136. The summed E-state index contributed by atoms with van der Waals surface area (Å²) in [6, 6.07) is 24.3. The Bertz CT molecular complexity index is 1040. The highest BCUT2D eigenvalue weighted by Crippen LogP contribution is 2.20. The number of hydrogen-bond donors (Lipinski definition) is 1. The van der Waals surface area contributed by atoms with Gasteiger partial charge in [0.1, 0.15) is 0 Å². The van der Waals surface area contributed by atoms with Crippen LogP contribution in [0.4, 0.5) is 5.69 Å². The molecule has 3 aromatic carbocycles. The van der Waals surface area contributed by atoms with E-state index in [1.165, 1.54) is 16.3 Å². The Morgan fingerprint density at radius 3 is 2.35 bits per heavy atom. The van der Waals surface area contributed by atoms with Crippen molar-refractivity contribution in [3.05, 3.63) is 78.4 Å². The minimum absolute atomic E-state index is 0.0421. The van der Waals surface area contributed by atoms with Crippen LogP contribution in [0, 0.1) is 5.92 Å². The Balaban J connectivity index is 1.25. The summed E-state index contributed by atoms with van der Waals surface area (Å²) in [7, 11) is 1.98. The van der Waals surface area contributed by atoms with E-state index in [9.17, 15) is 9.59 Å². The van der Waals surface area contributed by atoms with Gasteiger partial charge in [0.2, 0.25) is 11.8 Å². The average Bonchev–Trinajstić information content (AvgIpc) is 2.79. The van der Waals surface area contributed by atoms with Gasteiger partial charge in [0.05, 0.1) is 6.54 Å². The first-order chi connectivity index (χ1) is 15.1. The Hall–Kier alpha value is -3.18. The fourth-order valence-electron chi connectivity index (χ4n) is 4.19. The molecule has 31 heavy (non-hydrogen) atoms. The topological polar surface area (TPSA) is 52.7 Å². The Labute approximate surface area is 183 Å². The van der Waals surface area contributed by atoms with Gasteiger partial charge >= 0.3 is 0 Å². The van der Waals surface area contributed by atoms with Crippen LogP contribution in [0.2, 0.25) is 0 Å². The molecule has 0 radical (unpaired) electrons. The van der Waals surface area contributed by atoms with Gasteiger partial charge in [-0.1, -0.05) is 54.6 Å². The predicted octanol–water partition coefficient (Wildman–Crippen LogP) is 4.15. The van der Waals surface area contributed by atoms with E-state index in [4.69, 9.17) is 0 Å². The van der Waals surface area contributed by atoms with E-state index in [1.807, 2.05) is 54.4 Å². The van der Waals surface area contributed by atoms with Crippen LogP contribution in [0.15, 0.2) is 72.8 Å². The number of nitrogens with zero attached hydrogens (tertiary/aromatic N) is 2. The fourth-order valence-corrected chi connectivity index (χ4v) is 4.19. The van der Waals surface area contributed by atoms with Gasteiger partial charge in [0.25, 0.3) is 0 Å². The highest BCUT2D eigenvalue weighted by atomic mass is 16.2. The number of piperidine rings is 1. The number of amides is 2. The maximum atomic E-state index is 12.8. The minimum atomic E-state index is -0.0421. The van der Waals surface area contributed by atoms with E-state index >= 15 is 0 Å². The molecule has 0 bridgehead atoms. The molecule has 1 saturated heterocycles. The molecule has 0 unspecified atom stereocenters. The number of para-hydroxylation sites is 1. The molecule has 1 aliphatic heterocycles. The van der Waals surface area contributed by atoms with E-state index in [0.29, 0.717) is 32.5 Å². The maximum Gasteiger partial charge on any atom is 0.236 e. The zero-order valence-electron chi connectivity index (χ0n) is 18.0. The van der Waals surface area contributed by atoms with Crippen LogP contribution in [-0.4, -0.2) is 48.3 Å². The molecular formula is C26H29N3O2. The van der Waals surface area contributed by atoms with Crippen molar-refractivity contribution in [2.75, 3.05) is 32.0 Å². The fraction of sp³-hybridized carbons (Fsp3) is 0.308. The van der Waals surface area contributed by atoms with Gasteiger partial charge in [-0.3, -0.25) is 14.5 Å².